The van der Waals surface area contributed by atoms with E-state index in [1.807, 2.05) is 0 Å². The highest BCUT2D eigenvalue weighted by Gasteiger charge is 2.07. The molecule has 0 aliphatic heterocycles. The van der Waals surface area contributed by atoms with Gasteiger partial charge < -0.3 is 5.43 Å². The first kappa shape index (κ1) is 8.35. The fourth-order valence-corrected chi connectivity index (χ4v) is 0.856. The first-order valence-corrected chi connectivity index (χ1v) is 3.27. The second-order valence-electron chi connectivity index (χ2n) is 2.11. The van der Waals surface area contributed by atoms with Gasteiger partial charge in [0.2, 0.25) is 0 Å². The number of nitrogen functional groups attached to an aromatic ring is 1. The van der Waals surface area contributed by atoms with E-state index in [4.69, 9.17) is 11.4 Å². The molecule has 0 unspecified atom stereocenters. The molecule has 0 heterocycles. The van der Waals surface area contributed by atoms with E-state index in [0.717, 1.165) is 0 Å². The Morgan fingerprint density at radius 3 is 2.75 bits per heavy atom. The van der Waals surface area contributed by atoms with Gasteiger partial charge in [0, 0.05) is 0 Å². The van der Waals surface area contributed by atoms with Crippen molar-refractivity contribution in [3.8, 4) is 0 Å². The SMILES string of the molecule is N=NC(=O)c1ccccc1NN. The van der Waals surface area contributed by atoms with Gasteiger partial charge in [0.1, 0.15) is 0 Å². The number of rotatable bonds is 2. The molecule has 5 heteroatoms. The number of hydrogen-bond donors (Lipinski definition) is 3. The van der Waals surface area contributed by atoms with Crippen LogP contribution in [-0.4, -0.2) is 5.91 Å². The molecule has 0 saturated heterocycles. The highest BCUT2D eigenvalue weighted by atomic mass is 16.1. The smallest absolute Gasteiger partial charge is 0.296 e. The number of carbonyl (C=O) groups is 1. The Kier molecular flexibility index (Phi) is 2.49. The van der Waals surface area contributed by atoms with E-state index in [0.29, 0.717) is 11.3 Å². The Hall–Kier alpha value is -1.75. The zero-order valence-electron chi connectivity index (χ0n) is 6.24. The maximum absolute atomic E-state index is 10.9. The summed E-state index contributed by atoms with van der Waals surface area (Å²) in [4.78, 5) is 10.9. The van der Waals surface area contributed by atoms with Gasteiger partial charge in [0.05, 0.1) is 11.3 Å². The van der Waals surface area contributed by atoms with E-state index >= 15 is 0 Å². The van der Waals surface area contributed by atoms with Crippen molar-refractivity contribution in [2.45, 2.75) is 0 Å². The molecule has 0 aliphatic rings. The largest absolute Gasteiger partial charge is 0.323 e. The monoisotopic (exact) mass is 164 g/mol. The third kappa shape index (κ3) is 1.46. The average Bonchev–Trinajstić information content (AvgIpc) is 2.16. The topological polar surface area (TPSA) is 91.3 Å². The molecule has 5 nitrogen and oxygen atoms in total. The third-order valence-electron chi connectivity index (χ3n) is 1.41. The number of para-hydroxylation sites is 1. The van der Waals surface area contributed by atoms with Crippen LogP contribution in [0.3, 0.4) is 0 Å². The van der Waals surface area contributed by atoms with Gasteiger partial charge in [0.15, 0.2) is 0 Å². The summed E-state index contributed by atoms with van der Waals surface area (Å²) in [6.45, 7) is 0. The first-order valence-electron chi connectivity index (χ1n) is 3.27. The highest BCUT2D eigenvalue weighted by Crippen LogP contribution is 2.13. The number of anilines is 1. The standard InChI is InChI=1S/C7H8N4O/c8-10-6-4-2-1-3-5(6)7(12)11-9/h1-4,9-10H,8H2. The summed E-state index contributed by atoms with van der Waals surface area (Å²) >= 11 is 0. The van der Waals surface area contributed by atoms with Crippen molar-refractivity contribution in [1.82, 2.24) is 0 Å². The predicted molar refractivity (Wildman–Crippen MR) is 43.7 cm³/mol. The second-order valence-corrected chi connectivity index (χ2v) is 2.11. The van der Waals surface area contributed by atoms with Gasteiger partial charge in [-0.15, -0.1) is 5.11 Å². The number of nitrogens with two attached hydrogens (primary N) is 1. The fourth-order valence-electron chi connectivity index (χ4n) is 0.856. The summed E-state index contributed by atoms with van der Waals surface area (Å²) in [5.41, 5.74) is 9.64. The van der Waals surface area contributed by atoms with E-state index in [9.17, 15) is 4.79 Å². The molecule has 4 N–H and O–H groups in total. The molecular formula is C7H8N4O. The summed E-state index contributed by atoms with van der Waals surface area (Å²) in [6, 6.07) is 6.60. The lowest BCUT2D eigenvalue weighted by molar-refractivity contribution is 0.0991. The Morgan fingerprint density at radius 2 is 2.17 bits per heavy atom. The second kappa shape index (κ2) is 3.59. The maximum atomic E-state index is 10.9. The zero-order chi connectivity index (χ0) is 8.97. The van der Waals surface area contributed by atoms with Crippen molar-refractivity contribution in [1.29, 1.82) is 5.53 Å². The van der Waals surface area contributed by atoms with E-state index in [2.05, 4.69) is 10.5 Å². The summed E-state index contributed by atoms with van der Waals surface area (Å²) in [7, 11) is 0. The van der Waals surface area contributed by atoms with E-state index < -0.39 is 5.91 Å². The molecule has 0 saturated carbocycles. The van der Waals surface area contributed by atoms with Crippen molar-refractivity contribution < 1.29 is 4.79 Å². The number of amides is 1. The number of nitrogens with one attached hydrogen (secondary N) is 2. The molecule has 0 radical (unpaired) electrons. The summed E-state index contributed by atoms with van der Waals surface area (Å²) < 4.78 is 0. The normalized spacial score (nSPS) is 9.08. The van der Waals surface area contributed by atoms with Gasteiger partial charge in [-0.2, -0.15) is 0 Å². The highest BCUT2D eigenvalue weighted by molar-refractivity contribution is 5.99. The van der Waals surface area contributed by atoms with Crippen LogP contribution in [0.4, 0.5) is 5.69 Å². The Labute approximate surface area is 69.1 Å². The summed E-state index contributed by atoms with van der Waals surface area (Å²) in [5.74, 6) is 4.53. The van der Waals surface area contributed by atoms with Gasteiger partial charge in [-0.3, -0.25) is 10.6 Å². The van der Waals surface area contributed by atoms with Crippen molar-refractivity contribution in [3.63, 3.8) is 0 Å². The summed E-state index contributed by atoms with van der Waals surface area (Å²) in [6.07, 6.45) is 0. The first-order chi connectivity index (χ1) is 5.79. The van der Waals surface area contributed by atoms with Gasteiger partial charge >= 0.3 is 0 Å². The van der Waals surface area contributed by atoms with Crippen LogP contribution in [0.5, 0.6) is 0 Å². The molecule has 12 heavy (non-hydrogen) atoms. The van der Waals surface area contributed by atoms with Gasteiger partial charge in [-0.25, -0.2) is 5.53 Å². The van der Waals surface area contributed by atoms with Crippen LogP contribution in [0.15, 0.2) is 29.4 Å². The van der Waals surface area contributed by atoms with Gasteiger partial charge in [-0.1, -0.05) is 12.1 Å². The van der Waals surface area contributed by atoms with Crippen LogP contribution in [0.25, 0.3) is 0 Å². The Bertz CT molecular complexity index is 310. The Balaban J connectivity index is 3.13. The molecule has 0 atom stereocenters. The van der Waals surface area contributed by atoms with Crippen LogP contribution in [0.1, 0.15) is 10.4 Å². The molecule has 0 aliphatic carbocycles. The Morgan fingerprint density at radius 1 is 1.50 bits per heavy atom. The number of hydrazine groups is 1. The van der Waals surface area contributed by atoms with Crippen molar-refractivity contribution in [2.24, 2.45) is 11.0 Å². The van der Waals surface area contributed by atoms with Crippen LogP contribution in [0, 0.1) is 5.53 Å². The molecule has 1 rings (SSSR count). The molecule has 0 bridgehead atoms. The number of benzene rings is 1. The minimum absolute atomic E-state index is 0.301. The predicted octanol–water partition coefficient (Wildman–Crippen LogP) is 1.14. The lowest BCUT2D eigenvalue weighted by atomic mass is 10.2. The molecule has 1 aromatic rings. The summed E-state index contributed by atoms with van der Waals surface area (Å²) in [5, 5.41) is 2.78. The van der Waals surface area contributed by atoms with E-state index in [1.54, 1.807) is 24.3 Å². The maximum Gasteiger partial charge on any atom is 0.296 e. The van der Waals surface area contributed by atoms with E-state index in [1.165, 1.54) is 0 Å². The van der Waals surface area contributed by atoms with Crippen LogP contribution < -0.4 is 11.3 Å². The third-order valence-corrected chi connectivity index (χ3v) is 1.41. The lowest BCUT2D eigenvalue weighted by Gasteiger charge is -2.02. The average molecular weight is 164 g/mol. The minimum atomic E-state index is -0.608. The molecule has 1 amide bonds. The molecule has 0 fully saturated rings. The quantitative estimate of drug-likeness (QED) is 0.347. The van der Waals surface area contributed by atoms with E-state index in [-0.39, 0.29) is 0 Å². The molecule has 62 valence electrons. The van der Waals surface area contributed by atoms with Crippen LogP contribution >= 0.6 is 0 Å². The van der Waals surface area contributed by atoms with Gasteiger partial charge in [0.25, 0.3) is 5.91 Å². The van der Waals surface area contributed by atoms with Crippen molar-refractivity contribution >= 4 is 11.6 Å². The van der Waals surface area contributed by atoms with Crippen molar-refractivity contribution in [2.75, 3.05) is 5.43 Å². The minimum Gasteiger partial charge on any atom is -0.323 e. The number of hydrogen-bond acceptors (Lipinski definition) is 4. The molecule has 0 spiro atoms. The fraction of sp³-hybridized carbons (Fsp3) is 0. The number of nitrogens with zero attached hydrogens (tertiary/aromatic N) is 1. The molecule has 1 aromatic carbocycles. The number of carbonyl (C=O) groups excluding carboxylic acids is 1. The van der Waals surface area contributed by atoms with Gasteiger partial charge in [-0.05, 0) is 12.1 Å². The van der Waals surface area contributed by atoms with Crippen molar-refractivity contribution in [3.05, 3.63) is 29.8 Å². The lowest BCUT2D eigenvalue weighted by Crippen LogP contribution is -2.10. The van der Waals surface area contributed by atoms with Crippen LogP contribution in [-0.2, 0) is 0 Å². The van der Waals surface area contributed by atoms with Crippen LogP contribution in [0.2, 0.25) is 0 Å². The zero-order valence-corrected chi connectivity index (χ0v) is 6.24. The molecule has 0 aromatic heterocycles. The molecular weight excluding hydrogens is 156 g/mol.